The van der Waals surface area contributed by atoms with Crippen molar-refractivity contribution in [1.29, 1.82) is 0 Å². The van der Waals surface area contributed by atoms with Crippen molar-refractivity contribution in [3.05, 3.63) is 68.7 Å². The number of esters is 1. The van der Waals surface area contributed by atoms with Gasteiger partial charge in [-0.15, -0.1) is 0 Å². The van der Waals surface area contributed by atoms with Crippen LogP contribution in [0.4, 0.5) is 0 Å². The molecule has 0 radical (unpaired) electrons. The van der Waals surface area contributed by atoms with Gasteiger partial charge >= 0.3 is 5.97 Å². The Labute approximate surface area is 170 Å². The zero-order valence-electron chi connectivity index (χ0n) is 14.8. The Morgan fingerprint density at radius 1 is 1.25 bits per heavy atom. The Morgan fingerprint density at radius 2 is 1.96 bits per heavy atom. The van der Waals surface area contributed by atoms with Crippen LogP contribution in [-0.2, 0) is 11.3 Å². The van der Waals surface area contributed by atoms with E-state index in [1.807, 2.05) is 0 Å². The largest absolute Gasteiger partial charge is 0.491 e. The number of fused-ring (bicyclic) bond motifs is 1. The molecule has 9 heteroatoms. The lowest BCUT2D eigenvalue weighted by Crippen LogP contribution is -2.30. The summed E-state index contributed by atoms with van der Waals surface area (Å²) in [4.78, 5) is 28.2. The van der Waals surface area contributed by atoms with E-state index in [1.54, 1.807) is 24.3 Å². The number of nitrogens with zero attached hydrogens (tertiary/aromatic N) is 2. The minimum Gasteiger partial charge on any atom is -0.491 e. The summed E-state index contributed by atoms with van der Waals surface area (Å²) in [6, 6.07) is 9.29. The van der Waals surface area contributed by atoms with Gasteiger partial charge in [-0.05, 0) is 36.4 Å². The summed E-state index contributed by atoms with van der Waals surface area (Å²) < 4.78 is 11.4. The van der Waals surface area contributed by atoms with E-state index in [-0.39, 0.29) is 29.1 Å². The molecule has 3 aromatic rings. The van der Waals surface area contributed by atoms with Crippen molar-refractivity contribution in [2.75, 3.05) is 13.7 Å². The predicted molar refractivity (Wildman–Crippen MR) is 105 cm³/mol. The van der Waals surface area contributed by atoms with Crippen molar-refractivity contribution >= 4 is 40.1 Å². The van der Waals surface area contributed by atoms with Crippen LogP contribution < -0.4 is 10.3 Å². The first-order valence-corrected chi connectivity index (χ1v) is 8.98. The van der Waals surface area contributed by atoms with E-state index < -0.39 is 12.1 Å². The molecule has 28 heavy (non-hydrogen) atoms. The first kappa shape index (κ1) is 20.1. The SMILES string of the molecule is COC(=O)c1ccc(OCC(O)Cn2cnc3c(Cl)cc(Cl)cc3c2=O)cc1. The van der Waals surface area contributed by atoms with Crippen LogP contribution >= 0.6 is 23.2 Å². The van der Waals surface area contributed by atoms with Gasteiger partial charge in [0.05, 0.1) is 41.5 Å². The zero-order chi connectivity index (χ0) is 20.3. The summed E-state index contributed by atoms with van der Waals surface area (Å²) >= 11 is 12.0. The van der Waals surface area contributed by atoms with Crippen molar-refractivity contribution in [3.8, 4) is 5.75 Å². The Kier molecular flexibility index (Phi) is 6.18. The third-order valence-corrected chi connectivity index (χ3v) is 4.48. The fourth-order valence-electron chi connectivity index (χ4n) is 2.60. The number of aliphatic hydroxyl groups excluding tert-OH is 1. The second-order valence-electron chi connectivity index (χ2n) is 5.97. The highest BCUT2D eigenvalue weighted by Crippen LogP contribution is 2.24. The normalized spacial score (nSPS) is 12.0. The van der Waals surface area contributed by atoms with E-state index in [0.717, 1.165) is 0 Å². The van der Waals surface area contributed by atoms with Crippen LogP contribution in [0.3, 0.4) is 0 Å². The third kappa shape index (κ3) is 4.44. The van der Waals surface area contributed by atoms with Crippen LogP contribution in [0.25, 0.3) is 10.9 Å². The van der Waals surface area contributed by atoms with Gasteiger partial charge in [-0.25, -0.2) is 9.78 Å². The summed E-state index contributed by atoms with van der Waals surface area (Å²) in [5, 5.41) is 11.1. The highest BCUT2D eigenvalue weighted by atomic mass is 35.5. The molecular formula is C19H16Cl2N2O5. The maximum absolute atomic E-state index is 12.6. The maximum Gasteiger partial charge on any atom is 0.337 e. The number of hydrogen-bond donors (Lipinski definition) is 1. The van der Waals surface area contributed by atoms with Gasteiger partial charge in [-0.2, -0.15) is 0 Å². The van der Waals surface area contributed by atoms with Crippen LogP contribution in [-0.4, -0.2) is 40.4 Å². The fourth-order valence-corrected chi connectivity index (χ4v) is 3.14. The van der Waals surface area contributed by atoms with Crippen molar-refractivity contribution in [2.24, 2.45) is 0 Å². The minimum atomic E-state index is -0.966. The van der Waals surface area contributed by atoms with E-state index in [4.69, 9.17) is 27.9 Å². The molecule has 0 aliphatic carbocycles. The van der Waals surface area contributed by atoms with E-state index in [2.05, 4.69) is 9.72 Å². The van der Waals surface area contributed by atoms with Gasteiger partial charge in [0.2, 0.25) is 0 Å². The lowest BCUT2D eigenvalue weighted by atomic mass is 10.2. The molecule has 0 saturated carbocycles. The van der Waals surface area contributed by atoms with Crippen LogP contribution in [0.2, 0.25) is 10.0 Å². The number of rotatable bonds is 6. The van der Waals surface area contributed by atoms with Crippen LogP contribution in [0.15, 0.2) is 47.5 Å². The van der Waals surface area contributed by atoms with Crippen LogP contribution in [0, 0.1) is 0 Å². The van der Waals surface area contributed by atoms with Crippen LogP contribution in [0.5, 0.6) is 5.75 Å². The lowest BCUT2D eigenvalue weighted by molar-refractivity contribution is 0.0600. The summed E-state index contributed by atoms with van der Waals surface area (Å²) in [5.41, 5.74) is 0.376. The molecule has 1 unspecified atom stereocenters. The van der Waals surface area contributed by atoms with Gasteiger partial charge in [0.15, 0.2) is 0 Å². The molecule has 1 aromatic heterocycles. The molecule has 0 aliphatic heterocycles. The highest BCUT2D eigenvalue weighted by molar-refractivity contribution is 6.38. The summed E-state index contributed by atoms with van der Waals surface area (Å²) in [5.74, 6) is 0.0178. The number of aliphatic hydroxyl groups is 1. The van der Waals surface area contributed by atoms with Crippen molar-refractivity contribution in [3.63, 3.8) is 0 Å². The van der Waals surface area contributed by atoms with Gasteiger partial charge < -0.3 is 14.6 Å². The number of methoxy groups -OCH3 is 1. The average Bonchev–Trinajstić information content (AvgIpc) is 2.68. The summed E-state index contributed by atoms with van der Waals surface area (Å²) in [6.07, 6.45) is 0.352. The second kappa shape index (κ2) is 8.60. The molecule has 0 amide bonds. The molecule has 1 atom stereocenters. The monoisotopic (exact) mass is 422 g/mol. The zero-order valence-corrected chi connectivity index (χ0v) is 16.3. The first-order chi connectivity index (χ1) is 13.4. The van der Waals surface area contributed by atoms with Crippen molar-refractivity contribution < 1.29 is 19.4 Å². The number of hydrogen-bond acceptors (Lipinski definition) is 6. The molecular weight excluding hydrogens is 407 g/mol. The van der Waals surface area contributed by atoms with E-state index in [1.165, 1.54) is 30.1 Å². The molecule has 0 spiro atoms. The van der Waals surface area contributed by atoms with Gasteiger partial charge in [0.1, 0.15) is 18.5 Å². The number of carbonyl (C=O) groups is 1. The maximum atomic E-state index is 12.6. The number of aromatic nitrogens is 2. The van der Waals surface area contributed by atoms with Crippen molar-refractivity contribution in [1.82, 2.24) is 9.55 Å². The molecule has 1 N–H and O–H groups in total. The Hall–Kier alpha value is -2.61. The topological polar surface area (TPSA) is 90.7 Å². The second-order valence-corrected chi connectivity index (χ2v) is 6.81. The van der Waals surface area contributed by atoms with Crippen molar-refractivity contribution in [2.45, 2.75) is 12.6 Å². The Bertz CT molecular complexity index is 1070. The number of carbonyl (C=O) groups excluding carboxylic acids is 1. The first-order valence-electron chi connectivity index (χ1n) is 8.22. The molecule has 146 valence electrons. The van der Waals surface area contributed by atoms with E-state index >= 15 is 0 Å². The molecule has 3 rings (SSSR count). The molecule has 7 nitrogen and oxygen atoms in total. The van der Waals surface area contributed by atoms with Gasteiger partial charge in [0.25, 0.3) is 5.56 Å². The number of benzene rings is 2. The number of ether oxygens (including phenoxy) is 2. The smallest absolute Gasteiger partial charge is 0.337 e. The standard InChI is InChI=1S/C19H16Cl2N2O5/c1-27-19(26)11-2-4-14(5-3-11)28-9-13(24)8-23-10-22-17-15(18(23)25)6-12(20)7-16(17)21/h2-7,10,13,24H,8-9H2,1H3. The van der Waals surface area contributed by atoms with Crippen LogP contribution in [0.1, 0.15) is 10.4 Å². The number of halogens is 2. The summed E-state index contributed by atoms with van der Waals surface area (Å²) in [6.45, 7) is -0.0789. The Balaban J connectivity index is 1.68. The van der Waals surface area contributed by atoms with Gasteiger partial charge in [-0.3, -0.25) is 9.36 Å². The fraction of sp³-hybridized carbons (Fsp3) is 0.211. The molecule has 0 fully saturated rings. The lowest BCUT2D eigenvalue weighted by Gasteiger charge is -2.14. The van der Waals surface area contributed by atoms with Gasteiger partial charge in [0, 0.05) is 5.02 Å². The molecule has 0 saturated heterocycles. The molecule has 1 heterocycles. The summed E-state index contributed by atoms with van der Waals surface area (Å²) in [7, 11) is 1.30. The molecule has 2 aromatic carbocycles. The minimum absolute atomic E-state index is 0.0217. The predicted octanol–water partition coefficient (Wildman–Crippen LogP) is 2.93. The Morgan fingerprint density at radius 3 is 2.64 bits per heavy atom. The van der Waals surface area contributed by atoms with Gasteiger partial charge in [-0.1, -0.05) is 23.2 Å². The molecule has 0 bridgehead atoms. The van der Waals surface area contributed by atoms with E-state index in [0.29, 0.717) is 21.9 Å². The average molecular weight is 423 g/mol. The molecule has 0 aliphatic rings. The quantitative estimate of drug-likeness (QED) is 0.614. The highest BCUT2D eigenvalue weighted by Gasteiger charge is 2.13. The van der Waals surface area contributed by atoms with E-state index in [9.17, 15) is 14.7 Å². The third-order valence-electron chi connectivity index (χ3n) is 3.97.